The lowest BCUT2D eigenvalue weighted by molar-refractivity contribution is -0.137. The Morgan fingerprint density at radius 1 is 1.33 bits per heavy atom. The van der Waals surface area contributed by atoms with Gasteiger partial charge in [0.1, 0.15) is 0 Å². The molecule has 0 radical (unpaired) electrons. The van der Waals surface area contributed by atoms with Crippen LogP contribution in [0.2, 0.25) is 0 Å². The van der Waals surface area contributed by atoms with E-state index in [0.29, 0.717) is 12.0 Å². The summed E-state index contributed by atoms with van der Waals surface area (Å²) in [6.45, 7) is 4.02. The second kappa shape index (κ2) is 6.93. The van der Waals surface area contributed by atoms with Gasteiger partial charge in [0, 0.05) is 13.6 Å². The third-order valence-electron chi connectivity index (χ3n) is 3.09. The molecular formula is C15H21F3N2O. The molecule has 0 aromatic heterocycles. The van der Waals surface area contributed by atoms with Crippen molar-refractivity contribution in [1.82, 2.24) is 4.90 Å². The number of nitrogens with two attached hydrogens (primary N) is 1. The number of halogens is 3. The standard InChI is InChI=1S/C15H21F3N2O/c1-10(2)7-13(19)14(21)20(3)9-11-5-4-6-12(8-11)15(16,17)18/h4-6,8,10,13H,7,9,19H2,1-3H3/t13-/m0/s1. The van der Waals surface area contributed by atoms with Gasteiger partial charge in [-0.25, -0.2) is 0 Å². The predicted molar refractivity (Wildman–Crippen MR) is 75.3 cm³/mol. The Labute approximate surface area is 122 Å². The summed E-state index contributed by atoms with van der Waals surface area (Å²) in [5.41, 5.74) is 5.51. The average molecular weight is 302 g/mol. The van der Waals surface area contributed by atoms with Gasteiger partial charge in [-0.1, -0.05) is 26.0 Å². The van der Waals surface area contributed by atoms with Crippen molar-refractivity contribution in [2.75, 3.05) is 7.05 Å². The maximum Gasteiger partial charge on any atom is 0.416 e. The molecule has 118 valence electrons. The fraction of sp³-hybridized carbons (Fsp3) is 0.533. The number of benzene rings is 1. The highest BCUT2D eigenvalue weighted by Crippen LogP contribution is 2.29. The molecule has 1 atom stereocenters. The molecule has 1 rings (SSSR count). The van der Waals surface area contributed by atoms with Gasteiger partial charge in [0.25, 0.3) is 0 Å². The number of likely N-dealkylation sites (N-methyl/N-ethyl adjacent to an activating group) is 1. The number of alkyl halides is 3. The van der Waals surface area contributed by atoms with Crippen molar-refractivity contribution in [3.05, 3.63) is 35.4 Å². The maximum absolute atomic E-state index is 12.6. The van der Waals surface area contributed by atoms with Gasteiger partial charge in [0.2, 0.25) is 5.91 Å². The summed E-state index contributed by atoms with van der Waals surface area (Å²) in [6.07, 6.45) is -3.83. The fourth-order valence-electron chi connectivity index (χ4n) is 2.09. The van der Waals surface area contributed by atoms with E-state index in [1.807, 2.05) is 13.8 Å². The molecule has 3 nitrogen and oxygen atoms in total. The van der Waals surface area contributed by atoms with E-state index in [2.05, 4.69) is 0 Å². The Balaban J connectivity index is 2.75. The Morgan fingerprint density at radius 3 is 2.48 bits per heavy atom. The summed E-state index contributed by atoms with van der Waals surface area (Å²) >= 11 is 0. The van der Waals surface area contributed by atoms with Gasteiger partial charge in [-0.2, -0.15) is 13.2 Å². The molecular weight excluding hydrogens is 281 g/mol. The molecule has 1 aromatic carbocycles. The lowest BCUT2D eigenvalue weighted by Gasteiger charge is -2.22. The van der Waals surface area contributed by atoms with Crippen LogP contribution >= 0.6 is 0 Å². The zero-order valence-electron chi connectivity index (χ0n) is 12.4. The van der Waals surface area contributed by atoms with Crippen molar-refractivity contribution >= 4 is 5.91 Å². The smallest absolute Gasteiger partial charge is 0.340 e. The number of carbonyl (C=O) groups is 1. The monoisotopic (exact) mass is 302 g/mol. The minimum absolute atomic E-state index is 0.106. The molecule has 21 heavy (non-hydrogen) atoms. The third-order valence-corrected chi connectivity index (χ3v) is 3.09. The van der Waals surface area contributed by atoms with Gasteiger partial charge in [0.05, 0.1) is 11.6 Å². The molecule has 0 aliphatic heterocycles. The molecule has 0 aliphatic rings. The van der Waals surface area contributed by atoms with Crippen molar-refractivity contribution in [3.8, 4) is 0 Å². The minimum Gasteiger partial charge on any atom is -0.340 e. The lowest BCUT2D eigenvalue weighted by Crippen LogP contribution is -2.42. The lowest BCUT2D eigenvalue weighted by atomic mass is 10.0. The quantitative estimate of drug-likeness (QED) is 0.908. The first-order valence-corrected chi connectivity index (χ1v) is 6.78. The summed E-state index contributed by atoms with van der Waals surface area (Å²) in [5.74, 6) is 0.0204. The number of rotatable bonds is 5. The highest BCUT2D eigenvalue weighted by atomic mass is 19.4. The highest BCUT2D eigenvalue weighted by molar-refractivity contribution is 5.81. The van der Waals surface area contributed by atoms with Crippen molar-refractivity contribution in [2.45, 2.75) is 39.0 Å². The van der Waals surface area contributed by atoms with Crippen LogP contribution in [0, 0.1) is 5.92 Å². The number of hydrogen-bond acceptors (Lipinski definition) is 2. The number of hydrogen-bond donors (Lipinski definition) is 1. The predicted octanol–water partition coefficient (Wildman–Crippen LogP) is 3.04. The van der Waals surface area contributed by atoms with E-state index in [1.165, 1.54) is 11.0 Å². The van der Waals surface area contributed by atoms with Crippen LogP contribution in [0.1, 0.15) is 31.4 Å². The van der Waals surface area contributed by atoms with Gasteiger partial charge in [-0.05, 0) is 30.0 Å². The molecule has 0 bridgehead atoms. The van der Waals surface area contributed by atoms with Gasteiger partial charge in [0.15, 0.2) is 0 Å². The van der Waals surface area contributed by atoms with Crippen LogP contribution in [-0.2, 0) is 17.5 Å². The summed E-state index contributed by atoms with van der Waals surface area (Å²) in [7, 11) is 1.54. The molecule has 0 unspecified atom stereocenters. The van der Waals surface area contributed by atoms with Crippen LogP contribution in [0.3, 0.4) is 0 Å². The summed E-state index contributed by atoms with van der Waals surface area (Å²) < 4.78 is 37.9. The summed E-state index contributed by atoms with van der Waals surface area (Å²) in [5, 5.41) is 0. The van der Waals surface area contributed by atoms with Crippen LogP contribution in [-0.4, -0.2) is 23.9 Å². The van der Waals surface area contributed by atoms with Crippen LogP contribution in [0.25, 0.3) is 0 Å². The largest absolute Gasteiger partial charge is 0.416 e. The zero-order valence-corrected chi connectivity index (χ0v) is 12.4. The average Bonchev–Trinajstić information content (AvgIpc) is 2.36. The zero-order chi connectivity index (χ0) is 16.2. The van der Waals surface area contributed by atoms with Crippen molar-refractivity contribution < 1.29 is 18.0 Å². The third kappa shape index (κ3) is 5.38. The SMILES string of the molecule is CC(C)C[C@H](N)C(=O)N(C)Cc1cccc(C(F)(F)F)c1. The first kappa shape index (κ1) is 17.5. The van der Waals surface area contributed by atoms with Crippen LogP contribution in [0.15, 0.2) is 24.3 Å². The molecule has 0 aliphatic carbocycles. The summed E-state index contributed by atoms with van der Waals surface area (Å²) in [4.78, 5) is 13.4. The Hall–Kier alpha value is -1.56. The van der Waals surface area contributed by atoms with E-state index in [9.17, 15) is 18.0 Å². The van der Waals surface area contributed by atoms with Crippen molar-refractivity contribution in [3.63, 3.8) is 0 Å². The maximum atomic E-state index is 12.6. The molecule has 0 fully saturated rings. The topological polar surface area (TPSA) is 46.3 Å². The Bertz CT molecular complexity index is 486. The number of carbonyl (C=O) groups excluding carboxylic acids is 1. The number of amides is 1. The first-order valence-electron chi connectivity index (χ1n) is 6.78. The second-order valence-electron chi connectivity index (χ2n) is 5.63. The minimum atomic E-state index is -4.38. The fourth-order valence-corrected chi connectivity index (χ4v) is 2.09. The van der Waals surface area contributed by atoms with Gasteiger partial charge >= 0.3 is 6.18 Å². The molecule has 1 amide bonds. The number of nitrogens with zero attached hydrogens (tertiary/aromatic N) is 1. The molecule has 0 heterocycles. The van der Waals surface area contributed by atoms with Crippen LogP contribution in [0.4, 0.5) is 13.2 Å². The van der Waals surface area contributed by atoms with E-state index < -0.39 is 17.8 Å². The van der Waals surface area contributed by atoms with Gasteiger partial charge in [-0.3, -0.25) is 4.79 Å². The Kier molecular flexibility index (Phi) is 5.78. The van der Waals surface area contributed by atoms with E-state index in [1.54, 1.807) is 13.1 Å². The molecule has 0 spiro atoms. The first-order chi connectivity index (χ1) is 9.61. The normalized spacial score (nSPS) is 13.3. The molecule has 1 aromatic rings. The molecule has 0 saturated carbocycles. The highest BCUT2D eigenvalue weighted by Gasteiger charge is 2.30. The van der Waals surface area contributed by atoms with E-state index in [0.717, 1.165) is 12.1 Å². The van der Waals surface area contributed by atoms with Crippen LogP contribution < -0.4 is 5.73 Å². The van der Waals surface area contributed by atoms with Crippen LogP contribution in [0.5, 0.6) is 0 Å². The van der Waals surface area contributed by atoms with Crippen molar-refractivity contribution in [2.24, 2.45) is 11.7 Å². The van der Waals surface area contributed by atoms with E-state index >= 15 is 0 Å². The molecule has 0 saturated heterocycles. The van der Waals surface area contributed by atoms with Gasteiger partial charge < -0.3 is 10.6 Å². The molecule has 6 heteroatoms. The second-order valence-corrected chi connectivity index (χ2v) is 5.63. The van der Waals surface area contributed by atoms with E-state index in [4.69, 9.17) is 5.73 Å². The Morgan fingerprint density at radius 2 is 1.95 bits per heavy atom. The van der Waals surface area contributed by atoms with Gasteiger partial charge in [-0.15, -0.1) is 0 Å². The molecule has 2 N–H and O–H groups in total. The van der Waals surface area contributed by atoms with Crippen molar-refractivity contribution in [1.29, 1.82) is 0 Å². The summed E-state index contributed by atoms with van der Waals surface area (Å²) in [6, 6.07) is 4.34. The van der Waals surface area contributed by atoms with E-state index in [-0.39, 0.29) is 18.4 Å².